The Balaban J connectivity index is 1.63. The van der Waals surface area contributed by atoms with Crippen LogP contribution < -0.4 is 5.32 Å². The first-order valence-electron chi connectivity index (χ1n) is 9.02. The van der Waals surface area contributed by atoms with Gasteiger partial charge in [0.25, 0.3) is 5.91 Å². The molecule has 0 saturated heterocycles. The van der Waals surface area contributed by atoms with E-state index < -0.39 is 0 Å². The Hall–Kier alpha value is -2.75. The molecule has 0 aromatic heterocycles. The van der Waals surface area contributed by atoms with Crippen molar-refractivity contribution in [2.45, 2.75) is 45.1 Å². The van der Waals surface area contributed by atoms with E-state index in [2.05, 4.69) is 5.32 Å². The van der Waals surface area contributed by atoms with E-state index in [1.54, 1.807) is 24.3 Å². The smallest absolute Gasteiger partial charge is 0.251 e. The van der Waals surface area contributed by atoms with E-state index in [4.69, 9.17) is 0 Å². The van der Waals surface area contributed by atoms with E-state index in [0.717, 1.165) is 6.42 Å². The molecular weight excluding hydrogens is 326 g/mol. The van der Waals surface area contributed by atoms with Gasteiger partial charge in [0.15, 0.2) is 5.78 Å². The molecule has 0 aliphatic carbocycles. The summed E-state index contributed by atoms with van der Waals surface area (Å²) in [6, 6.07) is 18.1. The van der Waals surface area contributed by atoms with Gasteiger partial charge in [-0.15, -0.1) is 0 Å². The van der Waals surface area contributed by atoms with E-state index in [9.17, 15) is 14.4 Å². The molecule has 136 valence electrons. The first-order valence-corrected chi connectivity index (χ1v) is 9.02. The number of ketones is 2. The van der Waals surface area contributed by atoms with E-state index in [0.29, 0.717) is 24.0 Å². The molecule has 2 aromatic rings. The zero-order valence-corrected chi connectivity index (χ0v) is 15.1. The zero-order valence-electron chi connectivity index (χ0n) is 15.1. The van der Waals surface area contributed by atoms with Crippen LogP contribution >= 0.6 is 0 Å². The van der Waals surface area contributed by atoms with Crippen LogP contribution in [-0.2, 0) is 4.79 Å². The number of Topliss-reactive ketones (excluding diaryl/α,β-unsaturated/α-hetero) is 2. The number of carbonyl (C=O) groups is 3. The summed E-state index contributed by atoms with van der Waals surface area (Å²) in [5.41, 5.74) is 1.28. The lowest BCUT2D eigenvalue weighted by molar-refractivity contribution is -0.119. The molecule has 2 aromatic carbocycles. The first-order chi connectivity index (χ1) is 12.6. The minimum Gasteiger partial charge on any atom is -0.350 e. The van der Waals surface area contributed by atoms with E-state index in [1.807, 2.05) is 43.3 Å². The molecule has 0 aliphatic rings. The Morgan fingerprint density at radius 2 is 1.38 bits per heavy atom. The highest BCUT2D eigenvalue weighted by Gasteiger charge is 2.12. The van der Waals surface area contributed by atoms with Crippen LogP contribution in [0.2, 0.25) is 0 Å². The second-order valence-corrected chi connectivity index (χ2v) is 6.46. The summed E-state index contributed by atoms with van der Waals surface area (Å²) < 4.78 is 0. The van der Waals surface area contributed by atoms with E-state index in [-0.39, 0.29) is 36.4 Å². The lowest BCUT2D eigenvalue weighted by Gasteiger charge is -2.13. The van der Waals surface area contributed by atoms with Gasteiger partial charge >= 0.3 is 0 Å². The highest BCUT2D eigenvalue weighted by molar-refractivity contribution is 5.98. The average Bonchev–Trinajstić information content (AvgIpc) is 2.67. The summed E-state index contributed by atoms with van der Waals surface area (Å²) in [4.78, 5) is 36.0. The third-order valence-electron chi connectivity index (χ3n) is 4.23. The van der Waals surface area contributed by atoms with Crippen LogP contribution in [0.25, 0.3) is 0 Å². The molecule has 1 N–H and O–H groups in total. The number of nitrogens with one attached hydrogen (secondary N) is 1. The molecule has 1 atom stereocenters. The maximum Gasteiger partial charge on any atom is 0.251 e. The second kappa shape index (κ2) is 10.3. The van der Waals surface area contributed by atoms with Crippen molar-refractivity contribution in [2.75, 3.05) is 0 Å². The summed E-state index contributed by atoms with van der Waals surface area (Å²) >= 11 is 0. The molecule has 0 fully saturated rings. The molecule has 4 nitrogen and oxygen atoms in total. The van der Waals surface area contributed by atoms with Crippen molar-refractivity contribution in [3.63, 3.8) is 0 Å². The number of rotatable bonds is 10. The predicted molar refractivity (Wildman–Crippen MR) is 102 cm³/mol. The predicted octanol–water partition coefficient (Wildman–Crippen LogP) is 4.21. The zero-order chi connectivity index (χ0) is 18.8. The molecule has 26 heavy (non-hydrogen) atoms. The maximum absolute atomic E-state index is 12.0. The molecule has 4 heteroatoms. The van der Waals surface area contributed by atoms with Crippen LogP contribution in [0.15, 0.2) is 60.7 Å². The van der Waals surface area contributed by atoms with Crippen LogP contribution in [0, 0.1) is 0 Å². The molecule has 0 bridgehead atoms. The highest BCUT2D eigenvalue weighted by atomic mass is 16.2. The molecule has 0 radical (unpaired) electrons. The van der Waals surface area contributed by atoms with Crippen LogP contribution in [-0.4, -0.2) is 23.5 Å². The summed E-state index contributed by atoms with van der Waals surface area (Å²) in [5, 5.41) is 2.94. The Labute approximate surface area is 154 Å². The minimum atomic E-state index is -0.0992. The monoisotopic (exact) mass is 351 g/mol. The average molecular weight is 351 g/mol. The Kier molecular flexibility index (Phi) is 7.75. The highest BCUT2D eigenvalue weighted by Crippen LogP contribution is 2.09. The SMILES string of the molecule is CC(CCCC(=O)CCC(=O)c1ccccc1)NC(=O)c1ccccc1. The molecule has 1 unspecified atom stereocenters. The molecule has 2 rings (SSSR count). The van der Waals surface area contributed by atoms with Crippen LogP contribution in [0.1, 0.15) is 59.7 Å². The van der Waals surface area contributed by atoms with Gasteiger partial charge in [0, 0.05) is 36.4 Å². The number of benzene rings is 2. The van der Waals surface area contributed by atoms with Crippen molar-refractivity contribution in [3.8, 4) is 0 Å². The molecular formula is C22H25NO3. The minimum absolute atomic E-state index is 0.00135. The van der Waals surface area contributed by atoms with Gasteiger partial charge in [0.2, 0.25) is 0 Å². The van der Waals surface area contributed by atoms with Gasteiger partial charge in [-0.2, -0.15) is 0 Å². The van der Waals surface area contributed by atoms with Gasteiger partial charge in [0.05, 0.1) is 0 Å². The largest absolute Gasteiger partial charge is 0.350 e. The molecule has 0 aliphatic heterocycles. The maximum atomic E-state index is 12.0. The van der Waals surface area contributed by atoms with Gasteiger partial charge in [-0.3, -0.25) is 14.4 Å². The fraction of sp³-hybridized carbons (Fsp3) is 0.318. The van der Waals surface area contributed by atoms with Crippen LogP contribution in [0.5, 0.6) is 0 Å². The Bertz CT molecular complexity index is 726. The quantitative estimate of drug-likeness (QED) is 0.652. The second-order valence-electron chi connectivity index (χ2n) is 6.46. The van der Waals surface area contributed by atoms with E-state index >= 15 is 0 Å². The van der Waals surface area contributed by atoms with Crippen molar-refractivity contribution < 1.29 is 14.4 Å². The topological polar surface area (TPSA) is 63.2 Å². The molecule has 0 saturated carbocycles. The lowest BCUT2D eigenvalue weighted by atomic mass is 10.0. The van der Waals surface area contributed by atoms with Gasteiger partial charge in [0.1, 0.15) is 5.78 Å². The van der Waals surface area contributed by atoms with Gasteiger partial charge < -0.3 is 5.32 Å². The third-order valence-corrected chi connectivity index (χ3v) is 4.23. The number of hydrogen-bond donors (Lipinski definition) is 1. The number of carbonyl (C=O) groups excluding carboxylic acids is 3. The summed E-state index contributed by atoms with van der Waals surface area (Å²) in [6.45, 7) is 1.93. The van der Waals surface area contributed by atoms with Gasteiger partial charge in [-0.1, -0.05) is 48.5 Å². The van der Waals surface area contributed by atoms with E-state index in [1.165, 1.54) is 0 Å². The lowest BCUT2D eigenvalue weighted by Crippen LogP contribution is -2.32. The van der Waals surface area contributed by atoms with Crippen LogP contribution in [0.3, 0.4) is 0 Å². The van der Waals surface area contributed by atoms with Gasteiger partial charge in [-0.25, -0.2) is 0 Å². The fourth-order valence-corrected chi connectivity index (χ4v) is 2.72. The fourth-order valence-electron chi connectivity index (χ4n) is 2.72. The summed E-state index contributed by atoms with van der Waals surface area (Å²) in [6.07, 6.45) is 2.40. The van der Waals surface area contributed by atoms with Crippen molar-refractivity contribution in [1.29, 1.82) is 0 Å². The summed E-state index contributed by atoms with van der Waals surface area (Å²) in [7, 11) is 0. The van der Waals surface area contributed by atoms with Crippen LogP contribution in [0.4, 0.5) is 0 Å². The normalized spacial score (nSPS) is 11.6. The number of hydrogen-bond acceptors (Lipinski definition) is 3. The number of amides is 1. The van der Waals surface area contributed by atoms with Crippen molar-refractivity contribution in [3.05, 3.63) is 71.8 Å². The molecule has 0 spiro atoms. The van der Waals surface area contributed by atoms with Crippen molar-refractivity contribution in [2.24, 2.45) is 0 Å². The Morgan fingerprint density at radius 1 is 0.808 bits per heavy atom. The Morgan fingerprint density at radius 3 is 2.00 bits per heavy atom. The van der Waals surface area contributed by atoms with Gasteiger partial charge in [-0.05, 0) is 31.9 Å². The van der Waals surface area contributed by atoms with Crippen molar-refractivity contribution >= 4 is 17.5 Å². The first kappa shape index (κ1) is 19.6. The third kappa shape index (κ3) is 6.63. The molecule has 0 heterocycles. The molecule has 1 amide bonds. The summed E-state index contributed by atoms with van der Waals surface area (Å²) in [5.74, 6) is -0.00352. The van der Waals surface area contributed by atoms with Crippen molar-refractivity contribution in [1.82, 2.24) is 5.32 Å². The standard InChI is InChI=1S/C22H25NO3/c1-17(23-22(26)19-12-6-3-7-13-19)9-8-14-20(24)15-16-21(25)18-10-4-2-5-11-18/h2-7,10-13,17H,8-9,14-16H2,1H3,(H,23,26).